The van der Waals surface area contributed by atoms with Crippen LogP contribution in [0.4, 0.5) is 4.39 Å². The van der Waals surface area contributed by atoms with Gasteiger partial charge in [-0.2, -0.15) is 0 Å². The third-order valence-electron chi connectivity index (χ3n) is 2.41. The van der Waals surface area contributed by atoms with E-state index in [4.69, 9.17) is 4.74 Å². The van der Waals surface area contributed by atoms with Gasteiger partial charge in [-0.25, -0.2) is 4.39 Å². The Bertz CT molecular complexity index is 361. The van der Waals surface area contributed by atoms with Crippen LogP contribution in [0.25, 0.3) is 0 Å². The van der Waals surface area contributed by atoms with Gasteiger partial charge in [-0.1, -0.05) is 12.1 Å². The normalized spacial score (nSPS) is 26.1. The van der Waals surface area contributed by atoms with Crippen molar-refractivity contribution in [2.75, 3.05) is 0 Å². The van der Waals surface area contributed by atoms with Gasteiger partial charge < -0.3 is 9.84 Å². The Morgan fingerprint density at radius 3 is 2.60 bits per heavy atom. The summed E-state index contributed by atoms with van der Waals surface area (Å²) in [6.07, 6.45) is -0.495. The molecule has 0 spiro atoms. The molecule has 1 aliphatic heterocycles. The number of aliphatic hydroxyl groups is 1. The second-order valence-corrected chi connectivity index (χ2v) is 3.44. The van der Waals surface area contributed by atoms with E-state index in [1.165, 1.54) is 30.9 Å². The van der Waals surface area contributed by atoms with Gasteiger partial charge in [-0.3, -0.25) is 4.79 Å². The van der Waals surface area contributed by atoms with Crippen LogP contribution in [0.15, 0.2) is 24.3 Å². The monoisotopic (exact) mass is 209 g/mol. The highest BCUT2D eigenvalue weighted by atomic mass is 19.1. The fourth-order valence-electron chi connectivity index (χ4n) is 1.62. The predicted octanol–water partition coefficient (Wildman–Crippen LogP) is 1.38. The Morgan fingerprint density at radius 2 is 2.00 bits per heavy atom. The molecule has 2 atom stereocenters. The Labute approximate surface area is 86.5 Å². The standard InChI is InChI=1S/C11H10FO3/c12-8-3-1-7(2-4-8)10-9(13)5-6-15-11(10)14/h1-4,6,9-10,13H,5H2/t9-,10?/m1/s1. The van der Waals surface area contributed by atoms with Crippen LogP contribution in [0, 0.1) is 12.4 Å². The van der Waals surface area contributed by atoms with E-state index < -0.39 is 18.0 Å². The molecular weight excluding hydrogens is 199 g/mol. The third-order valence-corrected chi connectivity index (χ3v) is 2.41. The first-order valence-corrected chi connectivity index (χ1v) is 4.64. The number of esters is 1. The molecule has 1 fully saturated rings. The lowest BCUT2D eigenvalue weighted by Crippen LogP contribution is -2.32. The Balaban J connectivity index is 2.27. The smallest absolute Gasteiger partial charge is 0.316 e. The Hall–Kier alpha value is -1.42. The van der Waals surface area contributed by atoms with E-state index in [1.807, 2.05) is 0 Å². The zero-order chi connectivity index (χ0) is 10.8. The maximum Gasteiger partial charge on any atom is 0.316 e. The molecule has 79 valence electrons. The zero-order valence-corrected chi connectivity index (χ0v) is 7.89. The molecule has 2 rings (SSSR count). The summed E-state index contributed by atoms with van der Waals surface area (Å²) in [6, 6.07) is 5.48. The van der Waals surface area contributed by atoms with E-state index >= 15 is 0 Å². The average Bonchev–Trinajstić information content (AvgIpc) is 2.20. The Kier molecular flexibility index (Phi) is 2.68. The van der Waals surface area contributed by atoms with Gasteiger partial charge in [0, 0.05) is 6.42 Å². The van der Waals surface area contributed by atoms with Gasteiger partial charge in [0.25, 0.3) is 0 Å². The van der Waals surface area contributed by atoms with Gasteiger partial charge in [0.15, 0.2) is 0 Å². The van der Waals surface area contributed by atoms with Crippen molar-refractivity contribution in [2.24, 2.45) is 0 Å². The molecule has 1 radical (unpaired) electrons. The lowest BCUT2D eigenvalue weighted by molar-refractivity contribution is -0.149. The van der Waals surface area contributed by atoms with Crippen LogP contribution in [0.3, 0.4) is 0 Å². The summed E-state index contributed by atoms with van der Waals surface area (Å²) in [5, 5.41) is 9.64. The van der Waals surface area contributed by atoms with Crippen LogP contribution in [-0.4, -0.2) is 17.2 Å². The predicted molar refractivity (Wildman–Crippen MR) is 50.2 cm³/mol. The molecule has 0 aromatic heterocycles. The highest BCUT2D eigenvalue weighted by Gasteiger charge is 2.33. The lowest BCUT2D eigenvalue weighted by Gasteiger charge is -2.25. The summed E-state index contributed by atoms with van der Waals surface area (Å²) in [5.74, 6) is -1.58. The summed E-state index contributed by atoms with van der Waals surface area (Å²) in [7, 11) is 0. The minimum atomic E-state index is -0.795. The number of hydrogen-bond donors (Lipinski definition) is 1. The minimum Gasteiger partial charge on any atom is -0.458 e. The largest absolute Gasteiger partial charge is 0.458 e. The van der Waals surface area contributed by atoms with Crippen LogP contribution < -0.4 is 0 Å². The maximum atomic E-state index is 12.7. The zero-order valence-electron chi connectivity index (χ0n) is 7.89. The first-order valence-electron chi connectivity index (χ1n) is 4.64. The number of ether oxygens (including phenoxy) is 1. The summed E-state index contributed by atoms with van der Waals surface area (Å²) < 4.78 is 17.4. The molecule has 1 saturated heterocycles. The molecule has 1 aliphatic rings. The maximum absolute atomic E-state index is 12.7. The molecule has 0 amide bonds. The molecule has 1 aromatic carbocycles. The molecule has 0 bridgehead atoms. The van der Waals surface area contributed by atoms with E-state index in [0.29, 0.717) is 12.0 Å². The summed E-state index contributed by atoms with van der Waals surface area (Å²) >= 11 is 0. The van der Waals surface area contributed by atoms with Gasteiger partial charge in [-0.15, -0.1) is 0 Å². The molecule has 1 N–H and O–H groups in total. The van der Waals surface area contributed by atoms with Crippen molar-refractivity contribution in [3.05, 3.63) is 42.3 Å². The van der Waals surface area contributed by atoms with Crippen molar-refractivity contribution in [2.45, 2.75) is 18.4 Å². The molecule has 0 saturated carbocycles. The first-order chi connectivity index (χ1) is 7.18. The van der Waals surface area contributed by atoms with Crippen LogP contribution in [0.1, 0.15) is 17.9 Å². The number of carbonyl (C=O) groups excluding carboxylic acids is 1. The quantitative estimate of drug-likeness (QED) is 0.711. The fourth-order valence-corrected chi connectivity index (χ4v) is 1.62. The van der Waals surface area contributed by atoms with E-state index in [2.05, 4.69) is 0 Å². The van der Waals surface area contributed by atoms with E-state index in [0.717, 1.165) is 0 Å². The summed E-state index contributed by atoms with van der Waals surface area (Å²) in [6.45, 7) is 1.28. The number of benzene rings is 1. The van der Waals surface area contributed by atoms with Crippen molar-refractivity contribution < 1.29 is 19.0 Å². The van der Waals surface area contributed by atoms with E-state index in [9.17, 15) is 14.3 Å². The molecule has 4 heteroatoms. The molecular formula is C11H10FO3. The number of rotatable bonds is 1. The third kappa shape index (κ3) is 1.99. The molecule has 1 aromatic rings. The van der Waals surface area contributed by atoms with E-state index in [1.54, 1.807) is 0 Å². The van der Waals surface area contributed by atoms with Gasteiger partial charge in [-0.05, 0) is 17.7 Å². The van der Waals surface area contributed by atoms with Gasteiger partial charge in [0.05, 0.1) is 6.10 Å². The molecule has 1 heterocycles. The van der Waals surface area contributed by atoms with Crippen LogP contribution in [-0.2, 0) is 9.53 Å². The molecule has 15 heavy (non-hydrogen) atoms. The van der Waals surface area contributed by atoms with Crippen molar-refractivity contribution >= 4 is 5.97 Å². The van der Waals surface area contributed by atoms with Crippen LogP contribution in [0.5, 0.6) is 0 Å². The molecule has 0 aliphatic carbocycles. The summed E-state index contributed by atoms with van der Waals surface area (Å²) in [5.41, 5.74) is 0.571. The SMILES string of the molecule is O=C1O[CH]C[C@@H](O)C1c1ccc(F)cc1. The number of halogens is 1. The highest BCUT2D eigenvalue weighted by molar-refractivity contribution is 5.80. The van der Waals surface area contributed by atoms with E-state index in [-0.39, 0.29) is 5.82 Å². The minimum absolute atomic E-state index is 0.299. The number of carbonyl (C=O) groups is 1. The number of aliphatic hydroxyl groups excluding tert-OH is 1. The highest BCUT2D eigenvalue weighted by Crippen LogP contribution is 2.28. The van der Waals surface area contributed by atoms with Crippen LogP contribution in [0.2, 0.25) is 0 Å². The van der Waals surface area contributed by atoms with Crippen molar-refractivity contribution in [1.82, 2.24) is 0 Å². The lowest BCUT2D eigenvalue weighted by atomic mass is 9.90. The van der Waals surface area contributed by atoms with Crippen molar-refractivity contribution in [3.63, 3.8) is 0 Å². The average molecular weight is 209 g/mol. The molecule has 3 nitrogen and oxygen atoms in total. The fraction of sp³-hybridized carbons (Fsp3) is 0.273. The molecule has 1 unspecified atom stereocenters. The summed E-state index contributed by atoms with van der Waals surface area (Å²) in [4.78, 5) is 11.4. The van der Waals surface area contributed by atoms with Crippen molar-refractivity contribution in [1.29, 1.82) is 0 Å². The Morgan fingerprint density at radius 1 is 1.33 bits per heavy atom. The van der Waals surface area contributed by atoms with Gasteiger partial charge in [0.2, 0.25) is 0 Å². The van der Waals surface area contributed by atoms with Gasteiger partial charge >= 0.3 is 5.97 Å². The number of cyclic esters (lactones) is 1. The topological polar surface area (TPSA) is 46.5 Å². The van der Waals surface area contributed by atoms with Gasteiger partial charge in [0.1, 0.15) is 18.3 Å². The number of hydrogen-bond acceptors (Lipinski definition) is 3. The van der Waals surface area contributed by atoms with Crippen molar-refractivity contribution in [3.8, 4) is 0 Å². The first kappa shape index (κ1) is 10.1. The second kappa shape index (κ2) is 3.98. The van der Waals surface area contributed by atoms with Crippen LogP contribution >= 0.6 is 0 Å². The second-order valence-electron chi connectivity index (χ2n) is 3.44.